The van der Waals surface area contributed by atoms with Gasteiger partial charge in [-0.2, -0.15) is 0 Å². The van der Waals surface area contributed by atoms with Crippen molar-refractivity contribution in [3.05, 3.63) is 0 Å². The summed E-state index contributed by atoms with van der Waals surface area (Å²) in [5.74, 6) is -0.00303. The predicted molar refractivity (Wildman–Crippen MR) is 76.7 cm³/mol. The number of nitrogens with zero attached hydrogens (tertiary/aromatic N) is 1. The molecule has 1 N–H and O–H groups in total. The number of unbranched alkanes of at least 4 members (excludes halogenated alkanes) is 2. The molecule has 0 saturated carbocycles. The van der Waals surface area contributed by atoms with E-state index in [4.69, 9.17) is 0 Å². The smallest absolute Gasteiger partial charge is 0.248 e. The molecular formula is C15H28N2O2. The summed E-state index contributed by atoms with van der Waals surface area (Å²) in [5, 5.41) is 2.85. The molecule has 110 valence electrons. The first kappa shape index (κ1) is 16.0. The molecule has 2 amide bonds. The second kappa shape index (κ2) is 5.51. The van der Waals surface area contributed by atoms with Gasteiger partial charge in [-0.3, -0.25) is 9.59 Å². The van der Waals surface area contributed by atoms with E-state index < -0.39 is 5.54 Å². The number of rotatable bonds is 4. The van der Waals surface area contributed by atoms with Crippen LogP contribution in [0.2, 0.25) is 0 Å². The lowest BCUT2D eigenvalue weighted by Gasteiger charge is -2.47. The van der Waals surface area contributed by atoms with E-state index in [2.05, 4.69) is 12.2 Å². The van der Waals surface area contributed by atoms with Gasteiger partial charge in [-0.15, -0.1) is 0 Å². The fourth-order valence-corrected chi connectivity index (χ4v) is 2.67. The molecule has 1 atom stereocenters. The van der Waals surface area contributed by atoms with Crippen LogP contribution in [0.15, 0.2) is 0 Å². The second-order valence-electron chi connectivity index (χ2n) is 7.09. The van der Waals surface area contributed by atoms with Crippen molar-refractivity contribution in [1.82, 2.24) is 10.2 Å². The van der Waals surface area contributed by atoms with Crippen molar-refractivity contribution in [2.45, 2.75) is 72.4 Å². The van der Waals surface area contributed by atoms with Gasteiger partial charge in [-0.05, 0) is 25.7 Å². The Balaban J connectivity index is 2.99. The van der Waals surface area contributed by atoms with Gasteiger partial charge in [0.15, 0.2) is 0 Å². The van der Waals surface area contributed by atoms with E-state index >= 15 is 0 Å². The van der Waals surface area contributed by atoms with Gasteiger partial charge in [-0.1, -0.05) is 40.5 Å². The second-order valence-corrected chi connectivity index (χ2v) is 7.09. The van der Waals surface area contributed by atoms with E-state index in [1.165, 1.54) is 0 Å². The van der Waals surface area contributed by atoms with E-state index in [0.29, 0.717) is 6.54 Å². The van der Waals surface area contributed by atoms with Gasteiger partial charge in [0.05, 0.1) is 0 Å². The SMILES string of the molecule is CCCCCN1C(=O)C(C)(C)NC(=O)C1C(C)(C)C. The predicted octanol–water partition coefficient (Wildman–Crippen LogP) is 2.33. The monoisotopic (exact) mass is 268 g/mol. The van der Waals surface area contributed by atoms with Gasteiger partial charge in [0.1, 0.15) is 11.6 Å². The zero-order valence-electron chi connectivity index (χ0n) is 13.2. The van der Waals surface area contributed by atoms with E-state index in [1.807, 2.05) is 20.8 Å². The fraction of sp³-hybridized carbons (Fsp3) is 0.867. The normalized spacial score (nSPS) is 23.5. The topological polar surface area (TPSA) is 49.4 Å². The van der Waals surface area contributed by atoms with Gasteiger partial charge < -0.3 is 10.2 Å². The molecule has 1 aliphatic rings. The average molecular weight is 268 g/mol. The third-order valence-corrected chi connectivity index (χ3v) is 3.61. The lowest BCUT2D eigenvalue weighted by Crippen LogP contribution is -2.70. The first-order valence-electron chi connectivity index (χ1n) is 7.24. The molecule has 0 aromatic carbocycles. The van der Waals surface area contributed by atoms with Crippen LogP contribution in [-0.4, -0.2) is 34.8 Å². The number of carbonyl (C=O) groups excluding carboxylic acids is 2. The maximum absolute atomic E-state index is 12.6. The highest BCUT2D eigenvalue weighted by atomic mass is 16.2. The quantitative estimate of drug-likeness (QED) is 0.796. The molecule has 1 fully saturated rings. The Labute approximate surface area is 116 Å². The number of hydrogen-bond donors (Lipinski definition) is 1. The zero-order valence-corrected chi connectivity index (χ0v) is 13.2. The van der Waals surface area contributed by atoms with Crippen molar-refractivity contribution in [1.29, 1.82) is 0 Å². The Hall–Kier alpha value is -1.06. The van der Waals surface area contributed by atoms with E-state index in [1.54, 1.807) is 18.7 Å². The van der Waals surface area contributed by atoms with Crippen LogP contribution in [0.5, 0.6) is 0 Å². The molecule has 1 rings (SSSR count). The highest BCUT2D eigenvalue weighted by Crippen LogP contribution is 2.30. The van der Waals surface area contributed by atoms with Crippen molar-refractivity contribution >= 4 is 11.8 Å². The summed E-state index contributed by atoms with van der Waals surface area (Å²) in [5.41, 5.74) is -1.03. The van der Waals surface area contributed by atoms with Crippen LogP contribution in [0, 0.1) is 5.41 Å². The third kappa shape index (κ3) is 3.48. The number of carbonyl (C=O) groups is 2. The minimum absolute atomic E-state index is 0.0307. The summed E-state index contributed by atoms with van der Waals surface area (Å²) in [7, 11) is 0. The highest BCUT2D eigenvalue weighted by Gasteiger charge is 2.49. The minimum Gasteiger partial charge on any atom is -0.340 e. The number of amides is 2. The Morgan fingerprint density at radius 3 is 2.26 bits per heavy atom. The molecule has 0 bridgehead atoms. The highest BCUT2D eigenvalue weighted by molar-refractivity contribution is 5.99. The molecule has 0 aromatic heterocycles. The van der Waals surface area contributed by atoms with Crippen LogP contribution in [0.3, 0.4) is 0 Å². The van der Waals surface area contributed by atoms with Gasteiger partial charge in [0.2, 0.25) is 11.8 Å². The average Bonchev–Trinajstić information content (AvgIpc) is 2.22. The van der Waals surface area contributed by atoms with Gasteiger partial charge in [0, 0.05) is 6.54 Å². The van der Waals surface area contributed by atoms with Crippen LogP contribution >= 0.6 is 0 Å². The molecule has 0 aromatic rings. The van der Waals surface area contributed by atoms with Crippen LogP contribution < -0.4 is 5.32 Å². The van der Waals surface area contributed by atoms with Crippen LogP contribution in [-0.2, 0) is 9.59 Å². The molecular weight excluding hydrogens is 240 g/mol. The zero-order chi connectivity index (χ0) is 14.8. The van der Waals surface area contributed by atoms with Crippen LogP contribution in [0.1, 0.15) is 60.8 Å². The lowest BCUT2D eigenvalue weighted by atomic mass is 9.81. The minimum atomic E-state index is -0.787. The van der Waals surface area contributed by atoms with Crippen LogP contribution in [0.25, 0.3) is 0 Å². The maximum Gasteiger partial charge on any atom is 0.248 e. The Bertz CT molecular complexity index is 356. The summed E-state index contributed by atoms with van der Waals surface area (Å²) in [6.45, 7) is 12.4. The van der Waals surface area contributed by atoms with Gasteiger partial charge in [0.25, 0.3) is 0 Å². The molecule has 4 heteroatoms. The van der Waals surface area contributed by atoms with E-state index in [0.717, 1.165) is 19.3 Å². The fourth-order valence-electron chi connectivity index (χ4n) is 2.67. The molecule has 1 saturated heterocycles. The van der Waals surface area contributed by atoms with Gasteiger partial charge in [-0.25, -0.2) is 0 Å². The lowest BCUT2D eigenvalue weighted by molar-refractivity contribution is -0.158. The number of nitrogens with one attached hydrogen (secondary N) is 1. The van der Waals surface area contributed by atoms with E-state index in [-0.39, 0.29) is 23.3 Å². The summed E-state index contributed by atoms with van der Waals surface area (Å²) in [6.07, 6.45) is 3.15. The molecule has 0 radical (unpaired) electrons. The van der Waals surface area contributed by atoms with Crippen molar-refractivity contribution in [2.24, 2.45) is 5.41 Å². The first-order valence-corrected chi connectivity index (χ1v) is 7.24. The van der Waals surface area contributed by atoms with Crippen LogP contribution in [0.4, 0.5) is 0 Å². The molecule has 1 unspecified atom stereocenters. The Kier molecular flexibility index (Phi) is 4.64. The van der Waals surface area contributed by atoms with Crippen molar-refractivity contribution in [3.63, 3.8) is 0 Å². The standard InChI is InChI=1S/C15H28N2O2/c1-7-8-9-10-17-11(14(2,3)4)12(18)16-15(5,6)13(17)19/h11H,7-10H2,1-6H3,(H,16,18). The summed E-state index contributed by atoms with van der Waals surface area (Å²) in [6, 6.07) is -0.370. The molecule has 0 spiro atoms. The molecule has 1 aliphatic heterocycles. The summed E-state index contributed by atoms with van der Waals surface area (Å²) >= 11 is 0. The molecule has 1 heterocycles. The number of piperazine rings is 1. The molecule has 19 heavy (non-hydrogen) atoms. The summed E-state index contributed by atoms with van der Waals surface area (Å²) < 4.78 is 0. The molecule has 4 nitrogen and oxygen atoms in total. The summed E-state index contributed by atoms with van der Waals surface area (Å²) in [4.78, 5) is 26.7. The van der Waals surface area contributed by atoms with Gasteiger partial charge >= 0.3 is 0 Å². The maximum atomic E-state index is 12.6. The Morgan fingerprint density at radius 1 is 1.21 bits per heavy atom. The largest absolute Gasteiger partial charge is 0.340 e. The van der Waals surface area contributed by atoms with Crippen molar-refractivity contribution < 1.29 is 9.59 Å². The first-order chi connectivity index (χ1) is 8.61. The number of hydrogen-bond acceptors (Lipinski definition) is 2. The third-order valence-electron chi connectivity index (χ3n) is 3.61. The van der Waals surface area contributed by atoms with Crippen molar-refractivity contribution in [2.75, 3.05) is 6.54 Å². The molecule has 0 aliphatic carbocycles. The Morgan fingerprint density at radius 2 is 1.79 bits per heavy atom. The van der Waals surface area contributed by atoms with E-state index in [9.17, 15) is 9.59 Å². The van der Waals surface area contributed by atoms with Crippen molar-refractivity contribution in [3.8, 4) is 0 Å².